The lowest BCUT2D eigenvalue weighted by atomic mass is 10.1. The molecule has 8 heteroatoms. The predicted molar refractivity (Wildman–Crippen MR) is 133 cm³/mol. The highest BCUT2D eigenvalue weighted by atomic mass is 16.5. The van der Waals surface area contributed by atoms with E-state index >= 15 is 0 Å². The first kappa shape index (κ1) is 23.2. The maximum absolute atomic E-state index is 12.2. The van der Waals surface area contributed by atoms with Crippen molar-refractivity contribution in [2.75, 3.05) is 25.7 Å². The number of aromatic nitrogens is 3. The standard InChI is InChI=1S/C26H30N4O4/c1-4-5-14-34-23-15-22-24(29-26(31)27-22)25(28-23)30(16-18-6-10-20(32-2)11-7-18)17-19-8-12-21(33-3)13-9-19/h6-13,15H,4-5,14,16-17H2,1-3H3,(H2,27,29,31). The van der Waals surface area contributed by atoms with Gasteiger partial charge in [0.1, 0.15) is 17.0 Å². The molecule has 0 aliphatic rings. The largest absolute Gasteiger partial charge is 0.497 e. The van der Waals surface area contributed by atoms with E-state index in [1.54, 1.807) is 20.3 Å². The topological polar surface area (TPSA) is 92.5 Å². The van der Waals surface area contributed by atoms with Crippen LogP contribution in [0.4, 0.5) is 5.82 Å². The fourth-order valence-electron chi connectivity index (χ4n) is 3.73. The lowest BCUT2D eigenvalue weighted by molar-refractivity contribution is 0.298. The number of rotatable bonds is 11. The second-order valence-electron chi connectivity index (χ2n) is 8.04. The SMILES string of the molecule is CCCCOc1cc2[nH]c(=O)[nH]c2c(N(Cc2ccc(OC)cc2)Cc2ccc(OC)cc2)n1. The van der Waals surface area contributed by atoms with E-state index in [1.807, 2.05) is 48.5 Å². The number of ether oxygens (including phenoxy) is 3. The Kier molecular flexibility index (Phi) is 7.37. The molecule has 4 aromatic rings. The summed E-state index contributed by atoms with van der Waals surface area (Å²) >= 11 is 0. The van der Waals surface area contributed by atoms with Crippen LogP contribution in [0.25, 0.3) is 11.0 Å². The van der Waals surface area contributed by atoms with Gasteiger partial charge in [-0.15, -0.1) is 0 Å². The number of hydrogen-bond donors (Lipinski definition) is 2. The average molecular weight is 463 g/mol. The zero-order chi connectivity index (χ0) is 23.9. The molecule has 2 aromatic carbocycles. The molecule has 0 amide bonds. The minimum atomic E-state index is -0.280. The van der Waals surface area contributed by atoms with Gasteiger partial charge >= 0.3 is 5.69 Å². The zero-order valence-corrected chi connectivity index (χ0v) is 19.8. The van der Waals surface area contributed by atoms with Crippen molar-refractivity contribution < 1.29 is 14.2 Å². The molecule has 0 aliphatic carbocycles. The molecular formula is C26H30N4O4. The molecule has 0 saturated carbocycles. The van der Waals surface area contributed by atoms with Gasteiger partial charge < -0.3 is 29.1 Å². The van der Waals surface area contributed by atoms with Crippen LogP contribution in [0, 0.1) is 0 Å². The number of benzene rings is 2. The van der Waals surface area contributed by atoms with Gasteiger partial charge in [-0.05, 0) is 41.8 Å². The van der Waals surface area contributed by atoms with Gasteiger partial charge in [0.2, 0.25) is 5.88 Å². The number of imidazole rings is 1. The Labute approximate surface area is 198 Å². The van der Waals surface area contributed by atoms with E-state index < -0.39 is 0 Å². The van der Waals surface area contributed by atoms with Crippen LogP contribution in [0.3, 0.4) is 0 Å². The first-order chi connectivity index (χ1) is 16.6. The number of H-pyrrole nitrogens is 2. The summed E-state index contributed by atoms with van der Waals surface area (Å²) in [5.41, 5.74) is 3.20. The van der Waals surface area contributed by atoms with Gasteiger partial charge in [0.15, 0.2) is 5.82 Å². The van der Waals surface area contributed by atoms with Crippen molar-refractivity contribution in [1.29, 1.82) is 0 Å². The molecule has 2 heterocycles. The molecule has 0 saturated heterocycles. The molecular weight excluding hydrogens is 432 g/mol. The summed E-state index contributed by atoms with van der Waals surface area (Å²) in [6.07, 6.45) is 1.96. The Morgan fingerprint density at radius 3 is 2.00 bits per heavy atom. The average Bonchev–Trinajstić information content (AvgIpc) is 3.24. The molecule has 2 N–H and O–H groups in total. The number of anilines is 1. The summed E-state index contributed by atoms with van der Waals surface area (Å²) in [4.78, 5) is 24.9. The smallest absolute Gasteiger partial charge is 0.323 e. The van der Waals surface area contributed by atoms with Crippen molar-refractivity contribution in [2.24, 2.45) is 0 Å². The zero-order valence-electron chi connectivity index (χ0n) is 19.8. The van der Waals surface area contributed by atoms with Crippen LogP contribution in [0.15, 0.2) is 59.4 Å². The molecule has 0 fully saturated rings. The Hall–Kier alpha value is -3.94. The third kappa shape index (κ3) is 5.51. The number of methoxy groups -OCH3 is 2. The monoisotopic (exact) mass is 462 g/mol. The van der Waals surface area contributed by atoms with Crippen molar-refractivity contribution >= 4 is 16.9 Å². The summed E-state index contributed by atoms with van der Waals surface area (Å²) in [6, 6.07) is 17.6. The lowest BCUT2D eigenvalue weighted by Crippen LogP contribution is -2.24. The minimum absolute atomic E-state index is 0.280. The maximum atomic E-state index is 12.2. The summed E-state index contributed by atoms with van der Waals surface area (Å²) < 4.78 is 16.5. The number of pyridine rings is 1. The third-order valence-corrected chi connectivity index (χ3v) is 5.58. The van der Waals surface area contributed by atoms with Crippen LogP contribution >= 0.6 is 0 Å². The maximum Gasteiger partial charge on any atom is 0.323 e. The van der Waals surface area contributed by atoms with E-state index in [1.165, 1.54) is 0 Å². The van der Waals surface area contributed by atoms with E-state index in [0.717, 1.165) is 35.5 Å². The van der Waals surface area contributed by atoms with Crippen LogP contribution < -0.4 is 24.8 Å². The Bertz CT molecular complexity index is 1210. The predicted octanol–water partition coefficient (Wildman–Crippen LogP) is 4.65. The fourth-order valence-corrected chi connectivity index (χ4v) is 3.73. The second kappa shape index (κ2) is 10.8. The van der Waals surface area contributed by atoms with E-state index in [0.29, 0.717) is 42.4 Å². The summed E-state index contributed by atoms with van der Waals surface area (Å²) in [5.74, 6) is 2.73. The van der Waals surface area contributed by atoms with Crippen LogP contribution in [0.1, 0.15) is 30.9 Å². The molecule has 0 atom stereocenters. The molecule has 8 nitrogen and oxygen atoms in total. The van der Waals surface area contributed by atoms with E-state index in [2.05, 4.69) is 21.8 Å². The number of fused-ring (bicyclic) bond motifs is 1. The van der Waals surface area contributed by atoms with E-state index in [-0.39, 0.29) is 5.69 Å². The molecule has 0 spiro atoms. The normalized spacial score (nSPS) is 10.9. The van der Waals surface area contributed by atoms with Gasteiger partial charge in [0.25, 0.3) is 0 Å². The first-order valence-electron chi connectivity index (χ1n) is 11.4. The van der Waals surface area contributed by atoms with Gasteiger partial charge in [-0.25, -0.2) is 4.79 Å². The van der Waals surface area contributed by atoms with Crippen LogP contribution in [0.2, 0.25) is 0 Å². The molecule has 0 bridgehead atoms. The number of nitrogens with one attached hydrogen (secondary N) is 2. The Morgan fingerprint density at radius 2 is 1.47 bits per heavy atom. The van der Waals surface area contributed by atoms with Crippen molar-refractivity contribution in [3.05, 3.63) is 76.2 Å². The van der Waals surface area contributed by atoms with Gasteiger partial charge in [-0.3, -0.25) is 0 Å². The minimum Gasteiger partial charge on any atom is -0.497 e. The van der Waals surface area contributed by atoms with Gasteiger partial charge in [-0.2, -0.15) is 4.98 Å². The van der Waals surface area contributed by atoms with Crippen LogP contribution in [-0.2, 0) is 13.1 Å². The number of aromatic amines is 2. The van der Waals surface area contributed by atoms with Gasteiger partial charge in [0, 0.05) is 19.2 Å². The summed E-state index contributed by atoms with van der Waals surface area (Å²) in [6.45, 7) is 3.83. The van der Waals surface area contributed by atoms with Crippen molar-refractivity contribution in [3.63, 3.8) is 0 Å². The quantitative estimate of drug-likeness (QED) is 0.315. The molecule has 0 unspecified atom stereocenters. The van der Waals surface area contributed by atoms with E-state index in [9.17, 15) is 4.79 Å². The lowest BCUT2D eigenvalue weighted by Gasteiger charge is -2.25. The first-order valence-corrected chi connectivity index (χ1v) is 11.4. The molecule has 0 radical (unpaired) electrons. The van der Waals surface area contributed by atoms with Crippen molar-refractivity contribution in [1.82, 2.24) is 15.0 Å². The number of hydrogen-bond acceptors (Lipinski definition) is 6. The number of unbranched alkanes of at least 4 members (excludes halogenated alkanes) is 1. The fraction of sp³-hybridized carbons (Fsp3) is 0.308. The van der Waals surface area contributed by atoms with Gasteiger partial charge in [-0.1, -0.05) is 37.6 Å². The molecule has 34 heavy (non-hydrogen) atoms. The Balaban J connectivity index is 1.74. The summed E-state index contributed by atoms with van der Waals surface area (Å²) in [7, 11) is 3.30. The van der Waals surface area contributed by atoms with Gasteiger partial charge in [0.05, 0.1) is 26.3 Å². The molecule has 2 aromatic heterocycles. The summed E-state index contributed by atoms with van der Waals surface area (Å²) in [5, 5.41) is 0. The van der Waals surface area contributed by atoms with Crippen molar-refractivity contribution in [3.8, 4) is 17.4 Å². The highest BCUT2D eigenvalue weighted by molar-refractivity contribution is 5.87. The van der Waals surface area contributed by atoms with Crippen LogP contribution in [-0.4, -0.2) is 35.8 Å². The third-order valence-electron chi connectivity index (χ3n) is 5.58. The highest BCUT2D eigenvalue weighted by Crippen LogP contribution is 2.29. The van der Waals surface area contributed by atoms with Crippen molar-refractivity contribution in [2.45, 2.75) is 32.9 Å². The second-order valence-corrected chi connectivity index (χ2v) is 8.04. The molecule has 0 aliphatic heterocycles. The van der Waals surface area contributed by atoms with Crippen LogP contribution in [0.5, 0.6) is 17.4 Å². The molecule has 4 rings (SSSR count). The highest BCUT2D eigenvalue weighted by Gasteiger charge is 2.18. The number of nitrogens with zero attached hydrogens (tertiary/aromatic N) is 2. The van der Waals surface area contributed by atoms with E-state index in [4.69, 9.17) is 19.2 Å². The molecule has 178 valence electrons. The Morgan fingerprint density at radius 1 is 0.882 bits per heavy atom.